The molecule has 24 heavy (non-hydrogen) atoms. The van der Waals surface area contributed by atoms with Gasteiger partial charge in [-0.1, -0.05) is 0 Å². The summed E-state index contributed by atoms with van der Waals surface area (Å²) < 4.78 is 0. The third kappa shape index (κ3) is 6.74. The van der Waals surface area contributed by atoms with Gasteiger partial charge in [0.25, 0.3) is 0 Å². The van der Waals surface area contributed by atoms with Crippen molar-refractivity contribution in [3.05, 3.63) is 0 Å². The predicted molar refractivity (Wildman–Crippen MR) is 111 cm³/mol. The maximum absolute atomic E-state index is 10.1. The molecule has 0 aromatic rings. The van der Waals surface area contributed by atoms with Crippen LogP contribution in [0.2, 0.25) is 0 Å². The zero-order valence-electron chi connectivity index (χ0n) is 13.5. The topological polar surface area (TPSA) is 40.5 Å². The predicted octanol–water partition coefficient (Wildman–Crippen LogP) is 4.42. The van der Waals surface area contributed by atoms with E-state index in [1.54, 1.807) is 0 Å². The van der Waals surface area contributed by atoms with Crippen molar-refractivity contribution in [1.29, 1.82) is 0 Å². The van der Waals surface area contributed by atoms with Gasteiger partial charge in [0.1, 0.15) is 0 Å². The Labute approximate surface area is 173 Å². The van der Waals surface area contributed by atoms with Gasteiger partial charge in [0.2, 0.25) is 0 Å². The molecule has 0 spiro atoms. The van der Waals surface area contributed by atoms with E-state index in [-0.39, 0.29) is 33.3 Å². The molecule has 0 aromatic carbocycles. The second kappa shape index (κ2) is 10.9. The Bertz CT molecular complexity index is 346. The van der Waals surface area contributed by atoms with Crippen molar-refractivity contribution in [1.82, 2.24) is 0 Å². The summed E-state index contributed by atoms with van der Waals surface area (Å²) in [4.78, 5) is 0. The van der Waals surface area contributed by atoms with E-state index in [1.165, 1.54) is 0 Å². The average Bonchev–Trinajstić information content (AvgIpc) is 2.51. The Morgan fingerprint density at radius 3 is 1.42 bits per heavy atom. The molecule has 2 rings (SSSR count). The van der Waals surface area contributed by atoms with Crippen LogP contribution in [-0.4, -0.2) is 66.9 Å². The Morgan fingerprint density at radius 1 is 0.667 bits per heavy atom. The number of alkyl halides is 4. The fourth-order valence-corrected chi connectivity index (χ4v) is 7.82. The van der Waals surface area contributed by atoms with Gasteiger partial charge < -0.3 is 10.2 Å². The van der Waals surface area contributed by atoms with Crippen LogP contribution in [0.15, 0.2) is 0 Å². The average molecular weight is 456 g/mol. The van der Waals surface area contributed by atoms with Crippen molar-refractivity contribution in [2.24, 2.45) is 11.8 Å². The van der Waals surface area contributed by atoms with Crippen LogP contribution in [0, 0.1) is 11.8 Å². The molecule has 8 heteroatoms. The lowest BCUT2D eigenvalue weighted by Crippen LogP contribution is -2.40. The lowest BCUT2D eigenvalue weighted by atomic mass is 9.87. The van der Waals surface area contributed by atoms with Crippen LogP contribution in [0.25, 0.3) is 0 Å². The fourth-order valence-electron chi connectivity index (χ4n) is 3.41. The summed E-state index contributed by atoms with van der Waals surface area (Å²) in [7, 11) is 0. The quantitative estimate of drug-likeness (QED) is 0.440. The van der Waals surface area contributed by atoms with Crippen molar-refractivity contribution in [2.45, 2.75) is 59.4 Å². The first-order chi connectivity index (χ1) is 11.4. The monoisotopic (exact) mass is 454 g/mol. The van der Waals surface area contributed by atoms with Gasteiger partial charge >= 0.3 is 0 Å². The van der Waals surface area contributed by atoms with Crippen LogP contribution in [0.4, 0.5) is 0 Å². The van der Waals surface area contributed by atoms with Gasteiger partial charge in [-0.25, -0.2) is 0 Å². The molecule has 2 nitrogen and oxygen atoms in total. The summed E-state index contributed by atoms with van der Waals surface area (Å²) in [6.07, 6.45) is 2.17. The van der Waals surface area contributed by atoms with E-state index in [4.69, 9.17) is 46.4 Å². The van der Waals surface area contributed by atoms with E-state index in [0.717, 1.165) is 35.9 Å². The molecule has 8 atom stereocenters. The molecule has 2 fully saturated rings. The number of aliphatic hydroxyl groups excluding tert-OH is 2. The van der Waals surface area contributed by atoms with Gasteiger partial charge in [-0.3, -0.25) is 0 Å². The molecule has 0 heterocycles. The van der Waals surface area contributed by atoms with Crippen LogP contribution in [0.1, 0.15) is 25.7 Å². The van der Waals surface area contributed by atoms with Crippen LogP contribution in [-0.2, 0) is 0 Å². The molecule has 0 aromatic heterocycles. The molecule has 0 aliphatic heterocycles. The standard InChI is InChI=1S/C16H26Cl4O2S2/c17-11-3-9(15(21)13(19)5-11)7-23-1-2-24-8-10-4-12(18)6-14(20)16(10)22/h9-16,21-22H,1-8H2. The van der Waals surface area contributed by atoms with Gasteiger partial charge in [0, 0.05) is 22.3 Å². The number of hydrogen-bond acceptors (Lipinski definition) is 4. The Balaban J connectivity index is 1.58. The zero-order chi connectivity index (χ0) is 17.7. The fraction of sp³-hybridized carbons (Fsp3) is 1.00. The molecule has 8 unspecified atom stereocenters. The van der Waals surface area contributed by atoms with Gasteiger partial charge in [-0.2, -0.15) is 23.5 Å². The van der Waals surface area contributed by atoms with Crippen molar-refractivity contribution in [3.8, 4) is 0 Å². The highest BCUT2D eigenvalue weighted by atomic mass is 35.5. The number of halogens is 4. The molecule has 0 radical (unpaired) electrons. The van der Waals surface area contributed by atoms with Crippen molar-refractivity contribution < 1.29 is 10.2 Å². The number of thioether (sulfide) groups is 2. The molecule has 2 aliphatic carbocycles. The zero-order valence-corrected chi connectivity index (χ0v) is 18.2. The third-order valence-electron chi connectivity index (χ3n) is 4.82. The largest absolute Gasteiger partial charge is 0.391 e. The van der Waals surface area contributed by atoms with Crippen LogP contribution in [0.3, 0.4) is 0 Å². The maximum Gasteiger partial charge on any atom is 0.0740 e. The smallest absolute Gasteiger partial charge is 0.0740 e. The van der Waals surface area contributed by atoms with Gasteiger partial charge in [0.05, 0.1) is 23.0 Å². The molecule has 0 saturated heterocycles. The van der Waals surface area contributed by atoms with E-state index in [0.29, 0.717) is 12.8 Å². The Morgan fingerprint density at radius 2 is 1.04 bits per heavy atom. The molecule has 142 valence electrons. The molecular weight excluding hydrogens is 430 g/mol. The third-order valence-corrected chi connectivity index (χ3v) is 8.98. The van der Waals surface area contributed by atoms with Crippen molar-refractivity contribution in [2.75, 3.05) is 23.0 Å². The highest BCUT2D eigenvalue weighted by molar-refractivity contribution is 8.02. The number of hydrogen-bond donors (Lipinski definition) is 2. The Kier molecular flexibility index (Phi) is 10.1. The summed E-state index contributed by atoms with van der Waals surface area (Å²) in [6, 6.07) is 0. The summed E-state index contributed by atoms with van der Waals surface area (Å²) >= 11 is 28.4. The minimum absolute atomic E-state index is 0.0793. The summed E-state index contributed by atoms with van der Waals surface area (Å²) in [5.41, 5.74) is 0. The summed E-state index contributed by atoms with van der Waals surface area (Å²) in [6.45, 7) is 0. The number of rotatable bonds is 7. The van der Waals surface area contributed by atoms with E-state index in [2.05, 4.69) is 0 Å². The number of aliphatic hydroxyl groups is 2. The minimum Gasteiger partial charge on any atom is -0.391 e. The first-order valence-electron chi connectivity index (χ1n) is 8.46. The highest BCUT2D eigenvalue weighted by Gasteiger charge is 2.35. The van der Waals surface area contributed by atoms with Crippen molar-refractivity contribution in [3.63, 3.8) is 0 Å². The van der Waals surface area contributed by atoms with Crippen LogP contribution < -0.4 is 0 Å². The summed E-state index contributed by atoms with van der Waals surface area (Å²) in [5, 5.41) is 20.0. The first-order valence-corrected chi connectivity index (χ1v) is 12.5. The lowest BCUT2D eigenvalue weighted by molar-refractivity contribution is 0.0869. The van der Waals surface area contributed by atoms with E-state index in [1.807, 2.05) is 23.5 Å². The van der Waals surface area contributed by atoms with Crippen molar-refractivity contribution >= 4 is 69.9 Å². The van der Waals surface area contributed by atoms with E-state index in [9.17, 15) is 10.2 Å². The second-order valence-corrected chi connectivity index (χ2v) is 11.5. The lowest BCUT2D eigenvalue weighted by Gasteiger charge is -2.34. The van der Waals surface area contributed by atoms with E-state index < -0.39 is 12.2 Å². The van der Waals surface area contributed by atoms with Gasteiger partial charge in [-0.15, -0.1) is 46.4 Å². The molecule has 2 aliphatic rings. The Hall–Kier alpha value is 1.78. The molecule has 0 amide bonds. The highest BCUT2D eigenvalue weighted by Crippen LogP contribution is 2.35. The van der Waals surface area contributed by atoms with Gasteiger partial charge in [-0.05, 0) is 49.0 Å². The first kappa shape index (κ1) is 22.1. The minimum atomic E-state index is -0.444. The summed E-state index contributed by atoms with van der Waals surface area (Å²) in [5.74, 6) is 4.21. The van der Waals surface area contributed by atoms with Crippen LogP contribution in [0.5, 0.6) is 0 Å². The maximum atomic E-state index is 10.1. The van der Waals surface area contributed by atoms with Gasteiger partial charge in [0.15, 0.2) is 0 Å². The van der Waals surface area contributed by atoms with Crippen LogP contribution >= 0.6 is 69.9 Å². The SMILES string of the molecule is OC1C(Cl)CC(Cl)CC1CSCCSCC1CC(Cl)CC(Cl)C1O. The molecule has 2 saturated carbocycles. The molecule has 2 N–H and O–H groups in total. The molecular formula is C16H26Cl4O2S2. The normalized spacial score (nSPS) is 43.8. The van der Waals surface area contributed by atoms with E-state index >= 15 is 0 Å². The molecule has 0 bridgehead atoms. The second-order valence-electron chi connectivity index (χ2n) is 6.82.